The van der Waals surface area contributed by atoms with E-state index >= 15 is 0 Å². The van der Waals surface area contributed by atoms with Gasteiger partial charge in [-0.15, -0.1) is 0 Å². The molecule has 0 amide bonds. The average Bonchev–Trinajstić information content (AvgIpc) is 2.27. The molecule has 6 heteroatoms. The Balaban J connectivity index is 3.12. The molecule has 18 heavy (non-hydrogen) atoms. The second kappa shape index (κ2) is 5.36. The molecule has 3 nitrogen and oxygen atoms in total. The Morgan fingerprint density at radius 2 is 2.11 bits per heavy atom. The lowest BCUT2D eigenvalue weighted by atomic mass is 10.0. The third kappa shape index (κ3) is 3.63. The fraction of sp³-hybridized carbons (Fsp3) is 0.167. The number of aliphatic carboxylic acids is 1. The minimum absolute atomic E-state index is 0.0496. The van der Waals surface area contributed by atoms with Gasteiger partial charge in [0.15, 0.2) is 0 Å². The molecule has 0 aliphatic carbocycles. The fourth-order valence-corrected chi connectivity index (χ4v) is 1.27. The van der Waals surface area contributed by atoms with Crippen molar-refractivity contribution in [2.75, 3.05) is 0 Å². The van der Waals surface area contributed by atoms with E-state index in [1.807, 2.05) is 0 Å². The van der Waals surface area contributed by atoms with Crippen molar-refractivity contribution in [3.63, 3.8) is 0 Å². The largest absolute Gasteiger partial charge is 0.481 e. The smallest absolute Gasteiger partial charge is 0.416 e. The number of rotatable bonds is 3. The number of nitrogens with zero attached hydrogens (tertiary/aromatic N) is 1. The standard InChI is InChI=1S/C12H8F3NO2/c13-12(14,15)10-5-4-9(7-16)8(6-10)2-1-3-11(17)18/h1-2,4-6H,3H2,(H,17,18). The summed E-state index contributed by atoms with van der Waals surface area (Å²) in [6.07, 6.45) is -2.43. The van der Waals surface area contributed by atoms with Crippen LogP contribution in [0.15, 0.2) is 24.3 Å². The van der Waals surface area contributed by atoms with Crippen LogP contribution in [0.5, 0.6) is 0 Å². The molecule has 1 aromatic rings. The van der Waals surface area contributed by atoms with Crippen molar-refractivity contribution in [3.8, 4) is 6.07 Å². The highest BCUT2D eigenvalue weighted by Crippen LogP contribution is 2.30. The van der Waals surface area contributed by atoms with Crippen molar-refractivity contribution >= 4 is 12.0 Å². The van der Waals surface area contributed by atoms with Gasteiger partial charge >= 0.3 is 12.1 Å². The molecule has 0 saturated carbocycles. The summed E-state index contributed by atoms with van der Waals surface area (Å²) in [6.45, 7) is 0. The Labute approximate surface area is 101 Å². The lowest BCUT2D eigenvalue weighted by Gasteiger charge is -2.08. The quantitative estimate of drug-likeness (QED) is 0.902. The van der Waals surface area contributed by atoms with E-state index in [2.05, 4.69) is 0 Å². The molecule has 0 heterocycles. The third-order valence-corrected chi connectivity index (χ3v) is 2.09. The van der Waals surface area contributed by atoms with Crippen LogP contribution in [0.4, 0.5) is 13.2 Å². The van der Waals surface area contributed by atoms with Gasteiger partial charge in [-0.1, -0.05) is 12.2 Å². The highest BCUT2D eigenvalue weighted by Gasteiger charge is 2.30. The summed E-state index contributed by atoms with van der Waals surface area (Å²) < 4.78 is 37.4. The van der Waals surface area contributed by atoms with Gasteiger partial charge in [0, 0.05) is 0 Å². The molecule has 0 aromatic heterocycles. The fourth-order valence-electron chi connectivity index (χ4n) is 1.27. The van der Waals surface area contributed by atoms with Gasteiger partial charge in [0.2, 0.25) is 0 Å². The number of benzene rings is 1. The van der Waals surface area contributed by atoms with Gasteiger partial charge in [0.05, 0.1) is 23.6 Å². The van der Waals surface area contributed by atoms with E-state index in [9.17, 15) is 18.0 Å². The molecular weight excluding hydrogens is 247 g/mol. The maximum atomic E-state index is 12.5. The Morgan fingerprint density at radius 1 is 1.44 bits per heavy atom. The summed E-state index contributed by atoms with van der Waals surface area (Å²) in [6, 6.07) is 4.43. The number of carboxylic acids is 1. The molecule has 0 bridgehead atoms. The number of alkyl halides is 3. The number of hydrogen-bond acceptors (Lipinski definition) is 2. The van der Waals surface area contributed by atoms with Crippen LogP contribution in [-0.4, -0.2) is 11.1 Å². The van der Waals surface area contributed by atoms with E-state index in [4.69, 9.17) is 10.4 Å². The van der Waals surface area contributed by atoms with Crippen LogP contribution in [-0.2, 0) is 11.0 Å². The monoisotopic (exact) mass is 255 g/mol. The second-order valence-corrected chi connectivity index (χ2v) is 3.41. The number of hydrogen-bond donors (Lipinski definition) is 1. The molecule has 0 fully saturated rings. The maximum Gasteiger partial charge on any atom is 0.416 e. The van der Waals surface area contributed by atoms with Crippen molar-refractivity contribution in [1.82, 2.24) is 0 Å². The van der Waals surface area contributed by atoms with Gasteiger partial charge in [-0.3, -0.25) is 4.79 Å². The summed E-state index contributed by atoms with van der Waals surface area (Å²) >= 11 is 0. The maximum absolute atomic E-state index is 12.5. The number of carboxylic acid groups (broad SMARTS) is 1. The van der Waals surface area contributed by atoms with E-state index < -0.39 is 17.7 Å². The van der Waals surface area contributed by atoms with Gasteiger partial charge in [-0.05, 0) is 23.8 Å². The molecular formula is C12H8F3NO2. The Kier molecular flexibility index (Phi) is 4.10. The number of carbonyl (C=O) groups is 1. The normalized spacial score (nSPS) is 11.4. The molecule has 0 radical (unpaired) electrons. The van der Waals surface area contributed by atoms with Gasteiger partial charge in [0.1, 0.15) is 0 Å². The van der Waals surface area contributed by atoms with Crippen LogP contribution in [0.3, 0.4) is 0 Å². The zero-order valence-electron chi connectivity index (χ0n) is 9.03. The molecule has 94 valence electrons. The molecule has 0 spiro atoms. The van der Waals surface area contributed by atoms with Crippen molar-refractivity contribution < 1.29 is 23.1 Å². The number of nitriles is 1. The van der Waals surface area contributed by atoms with E-state index in [1.165, 1.54) is 12.2 Å². The highest BCUT2D eigenvalue weighted by atomic mass is 19.4. The zero-order chi connectivity index (χ0) is 13.8. The minimum Gasteiger partial charge on any atom is -0.481 e. The Morgan fingerprint density at radius 3 is 2.61 bits per heavy atom. The summed E-state index contributed by atoms with van der Waals surface area (Å²) in [5.41, 5.74) is -0.769. The van der Waals surface area contributed by atoms with Crippen LogP contribution in [0.2, 0.25) is 0 Å². The molecule has 1 aromatic carbocycles. The van der Waals surface area contributed by atoms with Gasteiger partial charge in [-0.25, -0.2) is 0 Å². The summed E-state index contributed by atoms with van der Waals surface area (Å²) in [5.74, 6) is -1.10. The van der Waals surface area contributed by atoms with Crippen molar-refractivity contribution in [1.29, 1.82) is 5.26 Å². The third-order valence-electron chi connectivity index (χ3n) is 2.09. The molecule has 0 aliphatic heterocycles. The average molecular weight is 255 g/mol. The first-order valence-electron chi connectivity index (χ1n) is 4.84. The van der Waals surface area contributed by atoms with Gasteiger partial charge < -0.3 is 5.11 Å². The Bertz CT molecular complexity index is 527. The lowest BCUT2D eigenvalue weighted by molar-refractivity contribution is -0.138. The van der Waals surface area contributed by atoms with Gasteiger partial charge in [-0.2, -0.15) is 18.4 Å². The lowest BCUT2D eigenvalue weighted by Crippen LogP contribution is -2.05. The summed E-state index contributed by atoms with van der Waals surface area (Å²) in [5, 5.41) is 17.1. The highest BCUT2D eigenvalue weighted by molar-refractivity contribution is 5.71. The summed E-state index contributed by atoms with van der Waals surface area (Å²) in [4.78, 5) is 10.3. The molecule has 0 atom stereocenters. The Hall–Kier alpha value is -2.29. The first-order chi connectivity index (χ1) is 8.34. The first-order valence-corrected chi connectivity index (χ1v) is 4.84. The number of halogens is 3. The minimum atomic E-state index is -4.50. The van der Waals surface area contributed by atoms with E-state index in [0.29, 0.717) is 0 Å². The molecule has 0 saturated heterocycles. The first kappa shape index (κ1) is 13.8. The van der Waals surface area contributed by atoms with Crippen LogP contribution in [0.1, 0.15) is 23.1 Å². The molecule has 1 rings (SSSR count). The SMILES string of the molecule is N#Cc1ccc(C(F)(F)F)cc1C=CCC(=O)O. The van der Waals surface area contributed by atoms with Crippen LogP contribution in [0.25, 0.3) is 6.08 Å². The molecule has 0 aliphatic rings. The van der Waals surface area contributed by atoms with E-state index in [0.717, 1.165) is 18.2 Å². The second-order valence-electron chi connectivity index (χ2n) is 3.41. The van der Waals surface area contributed by atoms with Crippen molar-refractivity contribution in [3.05, 3.63) is 41.0 Å². The predicted octanol–water partition coefficient (Wildman–Crippen LogP) is 3.06. The summed E-state index contributed by atoms with van der Waals surface area (Å²) in [7, 11) is 0. The topological polar surface area (TPSA) is 61.1 Å². The van der Waals surface area contributed by atoms with E-state index in [-0.39, 0.29) is 17.5 Å². The predicted molar refractivity (Wildman–Crippen MR) is 57.4 cm³/mol. The molecule has 0 unspecified atom stereocenters. The molecule has 1 N–H and O–H groups in total. The van der Waals surface area contributed by atoms with Crippen LogP contribution >= 0.6 is 0 Å². The van der Waals surface area contributed by atoms with Crippen molar-refractivity contribution in [2.45, 2.75) is 12.6 Å². The van der Waals surface area contributed by atoms with Gasteiger partial charge in [0.25, 0.3) is 0 Å². The van der Waals surface area contributed by atoms with Crippen molar-refractivity contribution in [2.24, 2.45) is 0 Å². The van der Waals surface area contributed by atoms with Crippen LogP contribution in [0, 0.1) is 11.3 Å². The van der Waals surface area contributed by atoms with Crippen LogP contribution < -0.4 is 0 Å². The van der Waals surface area contributed by atoms with E-state index in [1.54, 1.807) is 6.07 Å². The zero-order valence-corrected chi connectivity index (χ0v) is 9.03.